The van der Waals surface area contributed by atoms with Crippen LogP contribution in [-0.2, 0) is 14.8 Å². The number of carbonyl (C=O) groups is 1. The molecule has 1 aromatic carbocycles. The fraction of sp³-hybridized carbons (Fsp3) is 0.467. The van der Waals surface area contributed by atoms with Gasteiger partial charge in [-0.25, -0.2) is 17.5 Å². The van der Waals surface area contributed by atoms with Crippen LogP contribution in [0.25, 0.3) is 0 Å². The highest BCUT2D eigenvalue weighted by atomic mass is 32.2. The van der Waals surface area contributed by atoms with Gasteiger partial charge in [-0.05, 0) is 43.5 Å². The summed E-state index contributed by atoms with van der Waals surface area (Å²) in [7, 11) is -3.89. The molecule has 1 aliphatic heterocycles. The van der Waals surface area contributed by atoms with Gasteiger partial charge in [0.15, 0.2) is 0 Å². The molecule has 1 N–H and O–H groups in total. The maximum atomic E-state index is 13.1. The molecule has 8 heteroatoms. The topological polar surface area (TPSA) is 90.3 Å². The second-order valence-electron chi connectivity index (χ2n) is 5.54. The molecule has 0 radical (unpaired) electrons. The van der Waals surface area contributed by atoms with E-state index in [0.29, 0.717) is 13.1 Å². The van der Waals surface area contributed by atoms with Gasteiger partial charge in [-0.15, -0.1) is 0 Å². The van der Waals surface area contributed by atoms with Gasteiger partial charge in [0.25, 0.3) is 0 Å². The van der Waals surface area contributed by atoms with Gasteiger partial charge in [0.05, 0.1) is 23.4 Å². The summed E-state index contributed by atoms with van der Waals surface area (Å²) in [5.41, 5.74) is 0.271. The van der Waals surface area contributed by atoms with Crippen molar-refractivity contribution in [2.45, 2.75) is 24.7 Å². The third-order valence-electron chi connectivity index (χ3n) is 3.80. The van der Waals surface area contributed by atoms with E-state index >= 15 is 0 Å². The van der Waals surface area contributed by atoms with E-state index in [2.05, 4.69) is 10.8 Å². The number of nitrogens with zero attached hydrogens (tertiary/aromatic N) is 2. The second-order valence-corrected chi connectivity index (χ2v) is 7.28. The van der Waals surface area contributed by atoms with Crippen LogP contribution in [0.2, 0.25) is 0 Å². The zero-order valence-electron chi connectivity index (χ0n) is 12.8. The highest BCUT2D eigenvalue weighted by molar-refractivity contribution is 7.89. The Balaban J connectivity index is 2.01. The summed E-state index contributed by atoms with van der Waals surface area (Å²) in [5, 5.41) is 8.92. The molecule has 1 atom stereocenters. The zero-order chi connectivity index (χ0) is 17.0. The summed E-state index contributed by atoms with van der Waals surface area (Å²) in [6.45, 7) is 1.96. The summed E-state index contributed by atoms with van der Waals surface area (Å²) < 4.78 is 39.7. The minimum atomic E-state index is -3.89. The number of rotatable bonds is 4. The molecular weight excluding hydrogens is 321 g/mol. The zero-order valence-corrected chi connectivity index (χ0v) is 13.6. The minimum Gasteiger partial charge on any atom is -0.340 e. The number of halogens is 1. The maximum Gasteiger partial charge on any atom is 0.241 e. The highest BCUT2D eigenvalue weighted by Gasteiger charge is 2.25. The van der Waals surface area contributed by atoms with Crippen molar-refractivity contribution in [2.75, 3.05) is 19.6 Å². The molecule has 1 fully saturated rings. The monoisotopic (exact) mass is 339 g/mol. The van der Waals surface area contributed by atoms with E-state index in [0.717, 1.165) is 25.0 Å². The first-order chi connectivity index (χ1) is 10.8. The number of nitriles is 1. The molecule has 6 nitrogen and oxygen atoms in total. The lowest BCUT2D eigenvalue weighted by molar-refractivity contribution is -0.131. The number of benzene rings is 1. The SMILES string of the molecule is Cc1cc(F)ccc1S(=O)(=O)NCC(=O)N1CCCC(C#N)C1. The molecule has 1 amide bonds. The van der Waals surface area contributed by atoms with E-state index in [1.807, 2.05) is 0 Å². The lowest BCUT2D eigenvalue weighted by Gasteiger charge is -2.29. The van der Waals surface area contributed by atoms with Crippen LogP contribution < -0.4 is 4.72 Å². The lowest BCUT2D eigenvalue weighted by Crippen LogP contribution is -2.44. The van der Waals surface area contributed by atoms with Crippen molar-refractivity contribution in [3.63, 3.8) is 0 Å². The number of aryl methyl sites for hydroxylation is 1. The normalized spacial score (nSPS) is 18.5. The number of hydrogen-bond donors (Lipinski definition) is 1. The molecule has 23 heavy (non-hydrogen) atoms. The second kappa shape index (κ2) is 7.06. The third-order valence-corrected chi connectivity index (χ3v) is 5.36. The van der Waals surface area contributed by atoms with Crippen molar-refractivity contribution in [2.24, 2.45) is 5.92 Å². The number of sulfonamides is 1. The van der Waals surface area contributed by atoms with E-state index in [4.69, 9.17) is 5.26 Å². The molecule has 2 rings (SSSR count). The van der Waals surface area contributed by atoms with Crippen LogP contribution in [0.5, 0.6) is 0 Å². The summed E-state index contributed by atoms with van der Waals surface area (Å²) >= 11 is 0. The van der Waals surface area contributed by atoms with Crippen LogP contribution in [0, 0.1) is 30.0 Å². The molecule has 124 valence electrons. The van der Waals surface area contributed by atoms with Crippen LogP contribution in [0.3, 0.4) is 0 Å². The van der Waals surface area contributed by atoms with Crippen LogP contribution in [0.15, 0.2) is 23.1 Å². The first-order valence-corrected chi connectivity index (χ1v) is 8.75. The Labute approximate surface area is 135 Å². The van der Waals surface area contributed by atoms with Crippen molar-refractivity contribution in [3.05, 3.63) is 29.6 Å². The van der Waals surface area contributed by atoms with Crippen molar-refractivity contribution in [3.8, 4) is 6.07 Å². The molecule has 0 spiro atoms. The molecule has 1 aromatic rings. The Morgan fingerprint density at radius 1 is 1.52 bits per heavy atom. The molecule has 1 aliphatic rings. The van der Waals surface area contributed by atoms with Gasteiger partial charge in [0.2, 0.25) is 15.9 Å². The molecule has 1 unspecified atom stereocenters. The first-order valence-electron chi connectivity index (χ1n) is 7.26. The van der Waals surface area contributed by atoms with Crippen molar-refractivity contribution < 1.29 is 17.6 Å². The lowest BCUT2D eigenvalue weighted by atomic mass is 10.00. The average Bonchev–Trinajstić information content (AvgIpc) is 2.52. The van der Waals surface area contributed by atoms with Crippen LogP contribution >= 0.6 is 0 Å². The Hall–Kier alpha value is -1.98. The Morgan fingerprint density at radius 3 is 2.91 bits per heavy atom. The molecule has 0 aliphatic carbocycles. The number of amides is 1. The number of nitrogens with one attached hydrogen (secondary N) is 1. The molecule has 0 bridgehead atoms. The van der Waals surface area contributed by atoms with E-state index < -0.39 is 15.8 Å². The summed E-state index contributed by atoms with van der Waals surface area (Å²) in [6.07, 6.45) is 1.48. The van der Waals surface area contributed by atoms with Crippen LogP contribution in [0.1, 0.15) is 18.4 Å². The molecular formula is C15H18FN3O3S. The van der Waals surface area contributed by atoms with Gasteiger partial charge < -0.3 is 4.90 Å². The molecule has 1 saturated heterocycles. The van der Waals surface area contributed by atoms with Crippen LogP contribution in [-0.4, -0.2) is 38.9 Å². The fourth-order valence-corrected chi connectivity index (χ4v) is 3.77. The van der Waals surface area contributed by atoms with Gasteiger partial charge in [-0.3, -0.25) is 4.79 Å². The van der Waals surface area contributed by atoms with Gasteiger partial charge in [-0.2, -0.15) is 5.26 Å². The molecule has 1 heterocycles. The Kier molecular flexibility index (Phi) is 5.34. The summed E-state index contributed by atoms with van der Waals surface area (Å²) in [6, 6.07) is 5.49. The molecule has 0 aromatic heterocycles. The van der Waals surface area contributed by atoms with Gasteiger partial charge >= 0.3 is 0 Å². The Morgan fingerprint density at radius 2 is 2.26 bits per heavy atom. The Bertz CT molecular complexity index is 743. The number of likely N-dealkylation sites (tertiary alicyclic amines) is 1. The van der Waals surface area contributed by atoms with Crippen molar-refractivity contribution in [1.82, 2.24) is 9.62 Å². The number of hydrogen-bond acceptors (Lipinski definition) is 4. The van der Waals surface area contributed by atoms with E-state index in [-0.39, 0.29) is 28.8 Å². The minimum absolute atomic E-state index is 0.0553. The quantitative estimate of drug-likeness (QED) is 0.892. The predicted molar refractivity (Wildman–Crippen MR) is 81.2 cm³/mol. The average molecular weight is 339 g/mol. The van der Waals surface area contributed by atoms with Gasteiger partial charge in [0.1, 0.15) is 5.82 Å². The first kappa shape index (κ1) is 17.4. The fourth-order valence-electron chi connectivity index (χ4n) is 2.57. The van der Waals surface area contributed by atoms with Crippen molar-refractivity contribution in [1.29, 1.82) is 5.26 Å². The largest absolute Gasteiger partial charge is 0.340 e. The standard InChI is InChI=1S/C15H18FN3O3S/c1-11-7-13(16)4-5-14(11)23(21,22)18-9-15(20)19-6-2-3-12(8-17)10-19/h4-5,7,12,18H,2-3,6,9-10H2,1H3. The summed E-state index contributed by atoms with van der Waals surface area (Å²) in [5.74, 6) is -1.09. The number of carbonyl (C=O) groups excluding carboxylic acids is 1. The number of piperidine rings is 1. The van der Waals surface area contributed by atoms with Crippen molar-refractivity contribution >= 4 is 15.9 Å². The maximum absolute atomic E-state index is 13.1. The van der Waals surface area contributed by atoms with E-state index in [1.54, 1.807) is 0 Å². The smallest absolute Gasteiger partial charge is 0.241 e. The highest BCUT2D eigenvalue weighted by Crippen LogP contribution is 2.17. The third kappa shape index (κ3) is 4.27. The van der Waals surface area contributed by atoms with Gasteiger partial charge in [-0.1, -0.05) is 0 Å². The predicted octanol–water partition coefficient (Wildman–Crippen LogP) is 1.17. The summed E-state index contributed by atoms with van der Waals surface area (Å²) in [4.78, 5) is 13.5. The van der Waals surface area contributed by atoms with E-state index in [1.165, 1.54) is 17.9 Å². The van der Waals surface area contributed by atoms with Crippen LogP contribution in [0.4, 0.5) is 4.39 Å². The molecule has 0 saturated carbocycles. The van der Waals surface area contributed by atoms with E-state index in [9.17, 15) is 17.6 Å². The van der Waals surface area contributed by atoms with Gasteiger partial charge in [0, 0.05) is 13.1 Å².